The van der Waals surface area contributed by atoms with Crippen molar-refractivity contribution < 1.29 is 8.42 Å². The summed E-state index contributed by atoms with van der Waals surface area (Å²) in [5.41, 5.74) is 0.0540. The largest absolute Gasteiger partial charge is 0.316 e. The molecule has 22 heavy (non-hydrogen) atoms. The monoisotopic (exact) mass is 404 g/mol. The number of nitrogens with one attached hydrogen (secondary N) is 1. The standard InChI is InChI=1S/C13H15Cl3N2O2S.ClH/c14-9-5-10(15)12(11(16)6-9)21(19,20)18-4-2-13(8-18)1-3-17-7-13;/h5-6,17H,1-4,7-8H2;1H. The molecule has 2 aliphatic heterocycles. The Morgan fingerprint density at radius 3 is 2.32 bits per heavy atom. The number of rotatable bonds is 2. The van der Waals surface area contributed by atoms with Crippen molar-refractivity contribution >= 4 is 57.2 Å². The van der Waals surface area contributed by atoms with E-state index in [1.165, 1.54) is 16.4 Å². The van der Waals surface area contributed by atoms with Crippen molar-refractivity contribution in [1.82, 2.24) is 9.62 Å². The zero-order valence-corrected chi connectivity index (χ0v) is 15.5. The molecule has 0 saturated carbocycles. The minimum atomic E-state index is -3.70. The predicted octanol–water partition coefficient (Wildman–Crippen LogP) is 3.44. The minimum absolute atomic E-state index is 0. The van der Waals surface area contributed by atoms with Crippen molar-refractivity contribution in [3.05, 3.63) is 27.2 Å². The second-order valence-corrected chi connectivity index (χ2v) is 8.84. The van der Waals surface area contributed by atoms with Gasteiger partial charge < -0.3 is 5.32 Å². The van der Waals surface area contributed by atoms with Crippen molar-refractivity contribution in [1.29, 1.82) is 0 Å². The molecule has 1 aromatic rings. The Bertz CT molecular complexity index is 652. The van der Waals surface area contributed by atoms with Gasteiger partial charge in [-0.25, -0.2) is 8.42 Å². The molecule has 0 radical (unpaired) electrons. The van der Waals surface area contributed by atoms with Crippen LogP contribution in [0.15, 0.2) is 17.0 Å². The first-order chi connectivity index (χ1) is 9.84. The molecular formula is C13H16Cl4N2O2S. The van der Waals surface area contributed by atoms with Crippen LogP contribution in [0.2, 0.25) is 15.1 Å². The highest BCUT2D eigenvalue weighted by Crippen LogP contribution is 2.41. The number of nitrogens with zero attached hydrogens (tertiary/aromatic N) is 1. The van der Waals surface area contributed by atoms with Crippen LogP contribution in [0.3, 0.4) is 0 Å². The summed E-state index contributed by atoms with van der Waals surface area (Å²) in [5, 5.41) is 3.76. The summed E-state index contributed by atoms with van der Waals surface area (Å²) in [4.78, 5) is -0.0433. The van der Waals surface area contributed by atoms with Crippen molar-refractivity contribution in [2.45, 2.75) is 17.7 Å². The smallest absolute Gasteiger partial charge is 0.246 e. The van der Waals surface area contributed by atoms with E-state index in [0.29, 0.717) is 18.1 Å². The first-order valence-electron chi connectivity index (χ1n) is 6.70. The third kappa shape index (κ3) is 3.22. The van der Waals surface area contributed by atoms with Gasteiger partial charge in [0.1, 0.15) is 4.90 Å². The maximum absolute atomic E-state index is 12.8. The van der Waals surface area contributed by atoms with Crippen LogP contribution >= 0.6 is 47.2 Å². The Morgan fingerprint density at radius 1 is 1.14 bits per heavy atom. The van der Waals surface area contributed by atoms with E-state index in [1.54, 1.807) is 0 Å². The summed E-state index contributed by atoms with van der Waals surface area (Å²) >= 11 is 18.0. The number of halogens is 4. The normalized spacial score (nSPS) is 25.6. The van der Waals surface area contributed by atoms with E-state index in [0.717, 1.165) is 25.9 Å². The molecule has 0 aromatic heterocycles. The molecule has 124 valence electrons. The van der Waals surface area contributed by atoms with Gasteiger partial charge in [-0.2, -0.15) is 4.31 Å². The maximum Gasteiger partial charge on any atom is 0.246 e. The number of benzene rings is 1. The van der Waals surface area contributed by atoms with E-state index >= 15 is 0 Å². The minimum Gasteiger partial charge on any atom is -0.316 e. The van der Waals surface area contributed by atoms with Gasteiger partial charge in [0.05, 0.1) is 10.0 Å². The van der Waals surface area contributed by atoms with Crippen LogP contribution in [0.25, 0.3) is 0 Å². The van der Waals surface area contributed by atoms with Gasteiger partial charge in [-0.05, 0) is 36.9 Å². The van der Waals surface area contributed by atoms with E-state index in [1.807, 2.05) is 0 Å². The number of sulfonamides is 1. The number of hydrogen-bond donors (Lipinski definition) is 1. The topological polar surface area (TPSA) is 49.4 Å². The first kappa shape index (κ1) is 18.6. The van der Waals surface area contributed by atoms with E-state index < -0.39 is 10.0 Å². The molecule has 0 bridgehead atoms. The van der Waals surface area contributed by atoms with Gasteiger partial charge >= 0.3 is 0 Å². The van der Waals surface area contributed by atoms with Crippen LogP contribution in [0.4, 0.5) is 0 Å². The summed E-state index contributed by atoms with van der Waals surface area (Å²) in [6, 6.07) is 2.82. The van der Waals surface area contributed by atoms with Crippen molar-refractivity contribution in [2.24, 2.45) is 5.41 Å². The lowest BCUT2D eigenvalue weighted by Gasteiger charge is -2.23. The maximum atomic E-state index is 12.8. The molecule has 1 unspecified atom stereocenters. The van der Waals surface area contributed by atoms with Gasteiger partial charge in [-0.1, -0.05) is 34.8 Å². The molecule has 2 fully saturated rings. The molecule has 1 aromatic carbocycles. The second-order valence-electron chi connectivity index (χ2n) is 5.71. The molecule has 0 amide bonds. The van der Waals surface area contributed by atoms with Crippen LogP contribution in [0, 0.1) is 5.41 Å². The predicted molar refractivity (Wildman–Crippen MR) is 92.0 cm³/mol. The van der Waals surface area contributed by atoms with Crippen LogP contribution < -0.4 is 5.32 Å². The fourth-order valence-corrected chi connectivity index (χ4v) is 6.19. The molecule has 2 saturated heterocycles. The SMILES string of the molecule is Cl.O=S(=O)(c1c(Cl)cc(Cl)cc1Cl)N1CCC2(CCNC2)C1. The zero-order valence-electron chi connectivity index (χ0n) is 11.6. The third-order valence-electron chi connectivity index (χ3n) is 4.30. The zero-order chi connectivity index (χ0) is 15.3. The molecule has 3 rings (SSSR count). The van der Waals surface area contributed by atoms with Gasteiger partial charge in [-0.15, -0.1) is 12.4 Å². The molecule has 2 heterocycles. The quantitative estimate of drug-likeness (QED) is 0.819. The van der Waals surface area contributed by atoms with E-state index in [9.17, 15) is 8.42 Å². The van der Waals surface area contributed by atoms with Crippen molar-refractivity contribution in [3.63, 3.8) is 0 Å². The van der Waals surface area contributed by atoms with Crippen LogP contribution in [-0.2, 0) is 10.0 Å². The molecular weight excluding hydrogens is 390 g/mol. The summed E-state index contributed by atoms with van der Waals surface area (Å²) < 4.78 is 27.1. The molecule has 1 spiro atoms. The third-order valence-corrected chi connectivity index (χ3v) is 7.28. The fourth-order valence-electron chi connectivity index (χ4n) is 3.15. The molecule has 4 nitrogen and oxygen atoms in total. The lowest BCUT2D eigenvalue weighted by molar-refractivity contribution is 0.338. The second kappa shape index (κ2) is 6.63. The summed E-state index contributed by atoms with van der Waals surface area (Å²) in [7, 11) is -3.70. The lowest BCUT2D eigenvalue weighted by atomic mass is 9.87. The van der Waals surface area contributed by atoms with Crippen molar-refractivity contribution in [3.8, 4) is 0 Å². The highest BCUT2D eigenvalue weighted by Gasteiger charge is 2.45. The van der Waals surface area contributed by atoms with Gasteiger partial charge in [0, 0.05) is 24.7 Å². The first-order valence-corrected chi connectivity index (χ1v) is 9.27. The summed E-state index contributed by atoms with van der Waals surface area (Å²) in [5.74, 6) is 0. The Kier molecular flexibility index (Phi) is 5.60. The van der Waals surface area contributed by atoms with E-state index in [4.69, 9.17) is 34.8 Å². The molecule has 2 aliphatic rings. The Labute approximate surface area is 151 Å². The van der Waals surface area contributed by atoms with Gasteiger partial charge in [0.25, 0.3) is 0 Å². The van der Waals surface area contributed by atoms with Gasteiger partial charge in [0.15, 0.2) is 0 Å². The average Bonchev–Trinajstić information content (AvgIpc) is 2.99. The average molecular weight is 406 g/mol. The highest BCUT2D eigenvalue weighted by atomic mass is 35.5. The number of hydrogen-bond acceptors (Lipinski definition) is 3. The van der Waals surface area contributed by atoms with Crippen LogP contribution in [0.1, 0.15) is 12.8 Å². The molecule has 1 N–H and O–H groups in total. The molecule has 9 heteroatoms. The molecule has 1 atom stereocenters. The van der Waals surface area contributed by atoms with E-state index in [2.05, 4.69) is 5.32 Å². The van der Waals surface area contributed by atoms with E-state index in [-0.39, 0.29) is 32.8 Å². The Morgan fingerprint density at radius 2 is 1.77 bits per heavy atom. The van der Waals surface area contributed by atoms with Gasteiger partial charge in [0.2, 0.25) is 10.0 Å². The summed E-state index contributed by atoms with van der Waals surface area (Å²) in [6.45, 7) is 2.81. The Balaban J connectivity index is 0.00000176. The summed E-state index contributed by atoms with van der Waals surface area (Å²) in [6.07, 6.45) is 1.86. The fraction of sp³-hybridized carbons (Fsp3) is 0.538. The highest BCUT2D eigenvalue weighted by molar-refractivity contribution is 7.89. The van der Waals surface area contributed by atoms with Crippen LogP contribution in [0.5, 0.6) is 0 Å². The lowest BCUT2D eigenvalue weighted by Crippen LogP contribution is -2.33. The van der Waals surface area contributed by atoms with Crippen molar-refractivity contribution in [2.75, 3.05) is 26.2 Å². The molecule has 0 aliphatic carbocycles. The van der Waals surface area contributed by atoms with Crippen LogP contribution in [-0.4, -0.2) is 38.9 Å². The Hall–Kier alpha value is 0.250. The van der Waals surface area contributed by atoms with Gasteiger partial charge in [-0.3, -0.25) is 0 Å².